The topological polar surface area (TPSA) is 9.23 Å². The van der Waals surface area contributed by atoms with Crippen LogP contribution in [0.3, 0.4) is 0 Å². The first-order valence-electron chi connectivity index (χ1n) is 4.53. The highest BCUT2D eigenvalue weighted by Gasteiger charge is 2.29. The zero-order chi connectivity index (χ0) is 9.12. The first kappa shape index (κ1) is 29.5. The summed E-state index contributed by atoms with van der Waals surface area (Å²) in [5, 5.41) is 0. The Morgan fingerprint density at radius 3 is 1.00 bits per heavy atom. The Morgan fingerprint density at radius 1 is 0.667 bits per heavy atom. The molecule has 0 saturated heterocycles. The standard InChI is InChI=1S/C8H22OSi2.4CH4/c1-7-10(3,4)9-11(5,6)8-2;;;;/h7-8H2,1-6H3;4*1H4. The van der Waals surface area contributed by atoms with Crippen LogP contribution in [0.25, 0.3) is 0 Å². The fourth-order valence-corrected chi connectivity index (χ4v) is 8.03. The first-order valence-corrected chi connectivity index (χ1v) is 10.8. The van der Waals surface area contributed by atoms with Gasteiger partial charge in [-0.05, 0) is 38.3 Å². The Balaban J connectivity index is -0.0000000833. The molecule has 0 spiro atoms. The van der Waals surface area contributed by atoms with Crippen LogP contribution in [0.2, 0.25) is 38.3 Å². The van der Waals surface area contributed by atoms with E-state index in [4.69, 9.17) is 4.12 Å². The van der Waals surface area contributed by atoms with Crippen molar-refractivity contribution in [3.05, 3.63) is 0 Å². The van der Waals surface area contributed by atoms with Gasteiger partial charge in [0.15, 0.2) is 16.6 Å². The molecule has 0 aliphatic heterocycles. The monoisotopic (exact) mass is 254 g/mol. The van der Waals surface area contributed by atoms with Gasteiger partial charge < -0.3 is 4.12 Å². The van der Waals surface area contributed by atoms with Gasteiger partial charge >= 0.3 is 0 Å². The molecule has 0 aromatic rings. The number of hydrogen-bond donors (Lipinski definition) is 0. The van der Waals surface area contributed by atoms with Crippen molar-refractivity contribution in [2.24, 2.45) is 0 Å². The summed E-state index contributed by atoms with van der Waals surface area (Å²) in [4.78, 5) is 0. The van der Waals surface area contributed by atoms with Gasteiger partial charge in [-0.2, -0.15) is 0 Å². The highest BCUT2D eigenvalue weighted by Crippen LogP contribution is 2.20. The summed E-state index contributed by atoms with van der Waals surface area (Å²) in [5.41, 5.74) is 0. The fourth-order valence-electron chi connectivity index (χ4n) is 0.892. The van der Waals surface area contributed by atoms with Gasteiger partial charge in [0.05, 0.1) is 0 Å². The quantitative estimate of drug-likeness (QED) is 0.559. The van der Waals surface area contributed by atoms with Crippen molar-refractivity contribution in [1.82, 2.24) is 0 Å². The van der Waals surface area contributed by atoms with Crippen LogP contribution in [-0.2, 0) is 4.12 Å². The Labute approximate surface area is 103 Å². The van der Waals surface area contributed by atoms with Crippen molar-refractivity contribution in [3.63, 3.8) is 0 Å². The zero-order valence-electron chi connectivity index (χ0n) is 8.82. The van der Waals surface area contributed by atoms with Crippen LogP contribution in [0.5, 0.6) is 0 Å². The molecule has 0 amide bonds. The molecule has 0 aliphatic carbocycles. The van der Waals surface area contributed by atoms with Gasteiger partial charge in [-0.1, -0.05) is 43.6 Å². The molecule has 0 bridgehead atoms. The molecule has 0 atom stereocenters. The maximum atomic E-state index is 6.20. The summed E-state index contributed by atoms with van der Waals surface area (Å²) in [6.07, 6.45) is 0. The van der Waals surface area contributed by atoms with Gasteiger partial charge in [-0.3, -0.25) is 0 Å². The van der Waals surface area contributed by atoms with E-state index in [2.05, 4.69) is 40.0 Å². The van der Waals surface area contributed by atoms with E-state index >= 15 is 0 Å². The van der Waals surface area contributed by atoms with E-state index in [1.807, 2.05) is 0 Å². The average molecular weight is 255 g/mol. The minimum atomic E-state index is -1.27. The number of rotatable bonds is 4. The number of hydrogen-bond acceptors (Lipinski definition) is 1. The molecular formula is C12H38OSi2. The molecule has 0 rings (SSSR count). The molecule has 0 aromatic heterocycles. The third-order valence-corrected chi connectivity index (χ3v) is 10.1. The van der Waals surface area contributed by atoms with Crippen LogP contribution in [0.1, 0.15) is 43.6 Å². The first-order chi connectivity index (χ1) is 4.83. The van der Waals surface area contributed by atoms with Gasteiger partial charge in [0, 0.05) is 0 Å². The molecule has 0 aliphatic rings. The lowest BCUT2D eigenvalue weighted by molar-refractivity contribution is 0.542. The molecule has 1 nitrogen and oxygen atoms in total. The summed E-state index contributed by atoms with van der Waals surface area (Å²) in [6.45, 7) is 13.8. The van der Waals surface area contributed by atoms with Gasteiger partial charge in [0.1, 0.15) is 0 Å². The molecule has 3 heteroatoms. The third kappa shape index (κ3) is 14.4. The highest BCUT2D eigenvalue weighted by molar-refractivity contribution is 6.84. The molecule has 0 radical (unpaired) electrons. The van der Waals surface area contributed by atoms with E-state index in [0.29, 0.717) is 0 Å². The van der Waals surface area contributed by atoms with Gasteiger partial charge in [-0.25, -0.2) is 0 Å². The second-order valence-corrected chi connectivity index (χ2v) is 13.6. The van der Waals surface area contributed by atoms with Crippen LogP contribution in [0.4, 0.5) is 0 Å². The van der Waals surface area contributed by atoms with Crippen molar-refractivity contribution in [1.29, 1.82) is 0 Å². The van der Waals surface area contributed by atoms with Gasteiger partial charge in [-0.15, -0.1) is 0 Å². The summed E-state index contributed by atoms with van der Waals surface area (Å²) in [7, 11) is -2.54. The largest absolute Gasteiger partial charge is 0.456 e. The maximum absolute atomic E-state index is 6.20. The molecule has 100 valence electrons. The minimum absolute atomic E-state index is 0. The maximum Gasteiger partial charge on any atom is 0.173 e. The minimum Gasteiger partial charge on any atom is -0.456 e. The SMILES string of the molecule is C.C.C.C.CC[Si](C)(C)O[Si](C)(C)CC. The molecule has 0 aromatic carbocycles. The normalized spacial score (nSPS) is 10.0. The fraction of sp³-hybridized carbons (Fsp3) is 1.00. The van der Waals surface area contributed by atoms with E-state index in [0.717, 1.165) is 0 Å². The summed E-state index contributed by atoms with van der Waals surface area (Å²) in [5.74, 6) is 0. The lowest BCUT2D eigenvalue weighted by Crippen LogP contribution is -2.43. The highest BCUT2D eigenvalue weighted by atomic mass is 28.4. The van der Waals surface area contributed by atoms with Gasteiger partial charge in [0.2, 0.25) is 0 Å². The Hall–Kier alpha value is 0.394. The molecule has 0 saturated carbocycles. The van der Waals surface area contributed by atoms with Crippen LogP contribution in [0, 0.1) is 0 Å². The molecule has 0 unspecified atom stereocenters. The predicted octanol–water partition coefficient (Wildman–Crippen LogP) is 6.00. The molecule has 0 N–H and O–H groups in total. The third-order valence-electron chi connectivity index (χ3n) is 2.26. The molecule has 0 fully saturated rings. The Kier molecular flexibility index (Phi) is 21.4. The van der Waals surface area contributed by atoms with E-state index in [9.17, 15) is 0 Å². The Bertz CT molecular complexity index is 109. The van der Waals surface area contributed by atoms with E-state index in [1.165, 1.54) is 12.1 Å². The van der Waals surface area contributed by atoms with E-state index in [1.54, 1.807) is 0 Å². The summed E-state index contributed by atoms with van der Waals surface area (Å²) >= 11 is 0. The molecule has 15 heavy (non-hydrogen) atoms. The van der Waals surface area contributed by atoms with E-state index < -0.39 is 16.6 Å². The smallest absolute Gasteiger partial charge is 0.173 e. The van der Waals surface area contributed by atoms with Crippen molar-refractivity contribution in [2.75, 3.05) is 0 Å². The van der Waals surface area contributed by atoms with Crippen molar-refractivity contribution < 1.29 is 4.12 Å². The molecular weight excluding hydrogens is 216 g/mol. The van der Waals surface area contributed by atoms with E-state index in [-0.39, 0.29) is 29.7 Å². The van der Waals surface area contributed by atoms with Crippen molar-refractivity contribution in [2.45, 2.75) is 81.8 Å². The average Bonchev–Trinajstić information content (AvgIpc) is 1.86. The second-order valence-electron chi connectivity index (χ2n) is 4.33. The lowest BCUT2D eigenvalue weighted by Gasteiger charge is -2.32. The molecule has 0 heterocycles. The zero-order valence-corrected chi connectivity index (χ0v) is 10.8. The Morgan fingerprint density at radius 2 is 0.867 bits per heavy atom. The van der Waals surface area contributed by atoms with Gasteiger partial charge in [0.25, 0.3) is 0 Å². The lowest BCUT2D eigenvalue weighted by atomic mass is 11.0. The van der Waals surface area contributed by atoms with Crippen LogP contribution in [-0.4, -0.2) is 16.6 Å². The van der Waals surface area contributed by atoms with Crippen molar-refractivity contribution >= 4 is 16.6 Å². The van der Waals surface area contributed by atoms with Crippen LogP contribution < -0.4 is 0 Å². The van der Waals surface area contributed by atoms with Crippen LogP contribution in [0.15, 0.2) is 0 Å². The predicted molar refractivity (Wildman–Crippen MR) is 83.9 cm³/mol. The summed E-state index contributed by atoms with van der Waals surface area (Å²) < 4.78 is 6.20. The summed E-state index contributed by atoms with van der Waals surface area (Å²) in [6, 6.07) is 2.48. The van der Waals surface area contributed by atoms with Crippen LogP contribution >= 0.6 is 0 Å². The second kappa shape index (κ2) is 10.9. The van der Waals surface area contributed by atoms with Crippen molar-refractivity contribution in [3.8, 4) is 0 Å².